The number of hydrogen-bond acceptors (Lipinski definition) is 6. The predicted octanol–water partition coefficient (Wildman–Crippen LogP) is 2.12. The smallest absolute Gasteiger partial charge is 0.282 e. The number of aromatic nitrogens is 1. The summed E-state index contributed by atoms with van der Waals surface area (Å²) < 4.78 is 1.62. The maximum atomic E-state index is 11.9. The summed E-state index contributed by atoms with van der Waals surface area (Å²) in [5.74, 6) is 0. The van der Waals surface area contributed by atoms with Crippen LogP contribution in [0.2, 0.25) is 4.34 Å². The lowest BCUT2D eigenvalue weighted by Gasteiger charge is -2.32. The van der Waals surface area contributed by atoms with Gasteiger partial charge in [0.2, 0.25) is 0 Å². The molecule has 0 aliphatic carbocycles. The molecule has 0 spiro atoms. The van der Waals surface area contributed by atoms with Gasteiger partial charge in [-0.3, -0.25) is 4.79 Å². The SMILES string of the molecule is CN1CCN(c2nc(=O)c3cc(Cl)sc3s2)CC1. The van der Waals surface area contributed by atoms with Crippen LogP contribution in [0.25, 0.3) is 9.40 Å². The highest BCUT2D eigenvalue weighted by Gasteiger charge is 2.18. The molecule has 1 saturated heterocycles. The minimum atomic E-state index is -0.166. The third kappa shape index (κ3) is 2.25. The van der Waals surface area contributed by atoms with Crippen molar-refractivity contribution in [2.24, 2.45) is 0 Å². The molecule has 0 atom stereocenters. The molecule has 4 nitrogen and oxygen atoms in total. The summed E-state index contributed by atoms with van der Waals surface area (Å²) in [4.78, 5) is 20.6. The Labute approximate surface area is 117 Å². The van der Waals surface area contributed by atoms with Gasteiger partial charge in [-0.1, -0.05) is 22.9 Å². The third-order valence-corrected chi connectivity index (χ3v) is 5.55. The van der Waals surface area contributed by atoms with Gasteiger partial charge in [0.15, 0.2) is 5.13 Å². The van der Waals surface area contributed by atoms with Gasteiger partial charge in [-0.25, -0.2) is 0 Å². The molecule has 0 amide bonds. The summed E-state index contributed by atoms with van der Waals surface area (Å²) in [6, 6.07) is 1.71. The van der Waals surface area contributed by atoms with Gasteiger partial charge in [-0.2, -0.15) is 4.98 Å². The van der Waals surface area contributed by atoms with Crippen LogP contribution in [0, 0.1) is 0 Å². The van der Waals surface area contributed by atoms with E-state index in [1.807, 2.05) is 0 Å². The number of rotatable bonds is 1. The molecule has 0 aromatic carbocycles. The highest BCUT2D eigenvalue weighted by molar-refractivity contribution is 7.40. The van der Waals surface area contributed by atoms with Crippen molar-refractivity contribution in [3.8, 4) is 0 Å². The maximum absolute atomic E-state index is 11.9. The normalized spacial score (nSPS) is 17.6. The van der Waals surface area contributed by atoms with E-state index < -0.39 is 0 Å². The van der Waals surface area contributed by atoms with Crippen LogP contribution in [0.3, 0.4) is 0 Å². The highest BCUT2D eigenvalue weighted by Crippen LogP contribution is 2.33. The molecule has 2 aromatic rings. The molecule has 0 radical (unpaired) electrons. The average molecular weight is 302 g/mol. The number of anilines is 1. The summed E-state index contributed by atoms with van der Waals surface area (Å²) in [5.41, 5.74) is -0.166. The Bertz CT molecular complexity index is 631. The summed E-state index contributed by atoms with van der Waals surface area (Å²) in [5, 5.41) is 1.46. The monoisotopic (exact) mass is 301 g/mol. The Morgan fingerprint density at radius 1 is 1.28 bits per heavy atom. The lowest BCUT2D eigenvalue weighted by molar-refractivity contribution is 0.312. The first-order chi connectivity index (χ1) is 8.63. The summed E-state index contributed by atoms with van der Waals surface area (Å²) in [7, 11) is 2.11. The van der Waals surface area contributed by atoms with Gasteiger partial charge in [0.1, 0.15) is 0 Å². The van der Waals surface area contributed by atoms with Crippen LogP contribution >= 0.6 is 34.3 Å². The van der Waals surface area contributed by atoms with Crippen LogP contribution in [-0.4, -0.2) is 43.1 Å². The lowest BCUT2D eigenvalue weighted by Crippen LogP contribution is -2.44. The van der Waals surface area contributed by atoms with E-state index in [2.05, 4.69) is 21.8 Å². The zero-order valence-electron chi connectivity index (χ0n) is 9.85. The summed E-state index contributed by atoms with van der Waals surface area (Å²) >= 11 is 8.96. The number of hydrogen-bond donors (Lipinski definition) is 0. The lowest BCUT2D eigenvalue weighted by atomic mass is 10.3. The average Bonchev–Trinajstić information content (AvgIpc) is 2.71. The van der Waals surface area contributed by atoms with Gasteiger partial charge in [0.25, 0.3) is 5.56 Å². The molecule has 2 aromatic heterocycles. The van der Waals surface area contributed by atoms with Crippen molar-refractivity contribution in [1.82, 2.24) is 9.88 Å². The molecule has 0 saturated carbocycles. The topological polar surface area (TPSA) is 36.4 Å². The van der Waals surface area contributed by atoms with Crippen molar-refractivity contribution in [2.75, 3.05) is 38.1 Å². The van der Waals surface area contributed by atoms with E-state index in [0.717, 1.165) is 35.3 Å². The number of nitrogens with zero attached hydrogens (tertiary/aromatic N) is 3. The van der Waals surface area contributed by atoms with Gasteiger partial charge in [-0.15, -0.1) is 11.3 Å². The largest absolute Gasteiger partial charge is 0.345 e. The number of thiophene rings is 1. The molecule has 3 rings (SSSR count). The molecule has 7 heteroatoms. The fourth-order valence-electron chi connectivity index (χ4n) is 1.96. The molecule has 1 fully saturated rings. The van der Waals surface area contributed by atoms with Crippen molar-refractivity contribution in [1.29, 1.82) is 0 Å². The molecular weight excluding hydrogens is 290 g/mol. The minimum absolute atomic E-state index is 0.166. The Morgan fingerprint density at radius 2 is 2.00 bits per heavy atom. The standard InChI is InChI=1S/C11H12ClN3OS2/c1-14-2-4-15(5-3-14)11-13-9(16)7-6-8(12)17-10(7)18-11/h6H,2-5H2,1H3. The number of piperazine rings is 1. The second-order valence-electron chi connectivity index (χ2n) is 4.34. The molecule has 1 aliphatic heterocycles. The fourth-order valence-corrected chi connectivity index (χ4v) is 4.57. The zero-order chi connectivity index (χ0) is 12.7. The second-order valence-corrected chi connectivity index (χ2v) is 7.26. The van der Waals surface area contributed by atoms with Crippen molar-refractivity contribution in [3.63, 3.8) is 0 Å². The van der Waals surface area contributed by atoms with E-state index >= 15 is 0 Å². The Morgan fingerprint density at radius 3 is 2.72 bits per heavy atom. The van der Waals surface area contributed by atoms with Crippen LogP contribution in [-0.2, 0) is 0 Å². The molecule has 0 bridgehead atoms. The van der Waals surface area contributed by atoms with Crippen LogP contribution in [0.15, 0.2) is 10.9 Å². The quantitative estimate of drug-likeness (QED) is 0.808. The number of likely N-dealkylation sites (N-methyl/N-ethyl adjacent to an activating group) is 1. The molecule has 0 N–H and O–H groups in total. The van der Waals surface area contributed by atoms with Crippen LogP contribution in [0.1, 0.15) is 0 Å². The second kappa shape index (κ2) is 4.77. The highest BCUT2D eigenvalue weighted by atomic mass is 35.5. The molecule has 1 aliphatic rings. The fraction of sp³-hybridized carbons (Fsp3) is 0.455. The minimum Gasteiger partial charge on any atom is -0.345 e. The van der Waals surface area contributed by atoms with E-state index in [-0.39, 0.29) is 5.56 Å². The zero-order valence-corrected chi connectivity index (χ0v) is 12.2. The van der Waals surface area contributed by atoms with Gasteiger partial charge in [-0.05, 0) is 13.1 Å². The Kier molecular flexibility index (Phi) is 3.27. The van der Waals surface area contributed by atoms with Crippen molar-refractivity contribution < 1.29 is 0 Å². The van der Waals surface area contributed by atoms with E-state index in [1.54, 1.807) is 17.4 Å². The molecule has 96 valence electrons. The first kappa shape index (κ1) is 12.3. The van der Waals surface area contributed by atoms with Gasteiger partial charge in [0, 0.05) is 26.2 Å². The summed E-state index contributed by atoms with van der Waals surface area (Å²) in [6.45, 7) is 3.85. The Hall–Kier alpha value is -0.690. The van der Waals surface area contributed by atoms with E-state index in [4.69, 9.17) is 11.6 Å². The first-order valence-electron chi connectivity index (χ1n) is 5.67. The number of halogens is 1. The molecule has 3 heterocycles. The Balaban J connectivity index is 2.00. The van der Waals surface area contributed by atoms with Crippen molar-refractivity contribution in [2.45, 2.75) is 0 Å². The first-order valence-corrected chi connectivity index (χ1v) is 7.68. The van der Waals surface area contributed by atoms with E-state index in [9.17, 15) is 4.79 Å². The molecule has 0 unspecified atom stereocenters. The maximum Gasteiger partial charge on any atom is 0.282 e. The molecular formula is C11H12ClN3OS2. The van der Waals surface area contributed by atoms with Crippen LogP contribution in [0.4, 0.5) is 5.13 Å². The van der Waals surface area contributed by atoms with E-state index in [0.29, 0.717) is 9.72 Å². The molecule has 18 heavy (non-hydrogen) atoms. The van der Waals surface area contributed by atoms with Crippen molar-refractivity contribution >= 4 is 48.8 Å². The summed E-state index contributed by atoms with van der Waals surface area (Å²) in [6.07, 6.45) is 0. The number of fused-ring (bicyclic) bond motifs is 1. The predicted molar refractivity (Wildman–Crippen MR) is 78.5 cm³/mol. The van der Waals surface area contributed by atoms with E-state index in [1.165, 1.54) is 11.3 Å². The van der Waals surface area contributed by atoms with Gasteiger partial charge >= 0.3 is 0 Å². The van der Waals surface area contributed by atoms with Gasteiger partial charge in [0.05, 0.1) is 13.7 Å². The van der Waals surface area contributed by atoms with Gasteiger partial charge < -0.3 is 9.80 Å². The van der Waals surface area contributed by atoms with Crippen LogP contribution in [0.5, 0.6) is 0 Å². The van der Waals surface area contributed by atoms with Crippen molar-refractivity contribution in [3.05, 3.63) is 20.8 Å². The third-order valence-electron chi connectivity index (χ3n) is 3.05. The van der Waals surface area contributed by atoms with Crippen LogP contribution < -0.4 is 10.5 Å².